The van der Waals surface area contributed by atoms with Gasteiger partial charge in [0, 0.05) is 16.8 Å². The summed E-state index contributed by atoms with van der Waals surface area (Å²) in [4.78, 5) is 16.8. The van der Waals surface area contributed by atoms with Crippen LogP contribution in [0, 0.1) is 12.8 Å². The molecule has 0 amide bonds. The lowest BCUT2D eigenvalue weighted by atomic mass is 9.95. The molecule has 0 spiro atoms. The first-order valence-corrected chi connectivity index (χ1v) is 8.87. The quantitative estimate of drug-likeness (QED) is 0.590. The largest absolute Gasteiger partial charge is 0.468 e. The highest BCUT2D eigenvalue weighted by Gasteiger charge is 2.51. The van der Waals surface area contributed by atoms with E-state index < -0.39 is 5.54 Å². The Morgan fingerprint density at radius 1 is 1.65 bits per heavy atom. The maximum atomic E-state index is 12.3. The topological polar surface area (TPSA) is 51.2 Å². The van der Waals surface area contributed by atoms with E-state index >= 15 is 0 Å². The molecule has 1 N–H and O–H groups in total. The number of hydrogen-bond acceptors (Lipinski definition) is 6. The second-order valence-corrected chi connectivity index (χ2v) is 7.29. The predicted molar refractivity (Wildman–Crippen MR) is 83.3 cm³/mol. The molecule has 1 aliphatic carbocycles. The number of thiazole rings is 1. The van der Waals surface area contributed by atoms with Crippen LogP contribution in [-0.4, -0.2) is 35.9 Å². The fourth-order valence-electron chi connectivity index (χ4n) is 2.29. The number of nitrogens with one attached hydrogen (secondary N) is 1. The van der Waals surface area contributed by atoms with Crippen LogP contribution < -0.4 is 5.32 Å². The lowest BCUT2D eigenvalue weighted by Crippen LogP contribution is -2.57. The fourth-order valence-corrected chi connectivity index (χ4v) is 4.42. The van der Waals surface area contributed by atoms with Gasteiger partial charge in [-0.1, -0.05) is 18.7 Å². The summed E-state index contributed by atoms with van der Waals surface area (Å²) in [5.74, 6) is 0.960. The Labute approximate surface area is 128 Å². The molecule has 1 aromatic heterocycles. The van der Waals surface area contributed by atoms with Crippen molar-refractivity contribution in [2.45, 2.75) is 43.0 Å². The number of rotatable bonds is 8. The number of carbonyl (C=O) groups is 1. The second-order valence-electron chi connectivity index (χ2n) is 5.21. The predicted octanol–water partition coefficient (Wildman–Crippen LogP) is 2.87. The highest BCUT2D eigenvalue weighted by Crippen LogP contribution is 2.43. The zero-order chi connectivity index (χ0) is 14.6. The van der Waals surface area contributed by atoms with Gasteiger partial charge in [-0.3, -0.25) is 4.79 Å². The average Bonchev–Trinajstić information content (AvgIpc) is 3.22. The number of nitrogens with zero attached hydrogens (tertiary/aromatic N) is 1. The van der Waals surface area contributed by atoms with Gasteiger partial charge in [0.1, 0.15) is 9.88 Å². The monoisotopic (exact) mass is 314 g/mol. The summed E-state index contributed by atoms with van der Waals surface area (Å²) < 4.78 is 6.10. The van der Waals surface area contributed by atoms with Gasteiger partial charge in [-0.2, -0.15) is 0 Å². The fraction of sp³-hybridized carbons (Fsp3) is 0.714. The molecule has 2 rings (SSSR count). The summed E-state index contributed by atoms with van der Waals surface area (Å²) in [6.45, 7) is 4.94. The minimum Gasteiger partial charge on any atom is -0.468 e. The second kappa shape index (κ2) is 6.91. The van der Waals surface area contributed by atoms with Crippen molar-refractivity contribution in [2.24, 2.45) is 5.92 Å². The first kappa shape index (κ1) is 15.8. The number of aromatic nitrogens is 1. The lowest BCUT2D eigenvalue weighted by molar-refractivity contribution is -0.148. The molecule has 1 unspecified atom stereocenters. The lowest BCUT2D eigenvalue weighted by Gasteiger charge is -2.31. The maximum absolute atomic E-state index is 12.3. The van der Waals surface area contributed by atoms with Crippen LogP contribution >= 0.6 is 23.1 Å². The van der Waals surface area contributed by atoms with Gasteiger partial charge in [-0.25, -0.2) is 4.98 Å². The van der Waals surface area contributed by atoms with Gasteiger partial charge in [-0.05, 0) is 38.6 Å². The Morgan fingerprint density at radius 3 is 2.90 bits per heavy atom. The molecule has 0 saturated heterocycles. The maximum Gasteiger partial charge on any atom is 0.327 e. The third-order valence-corrected chi connectivity index (χ3v) is 5.87. The standard InChI is InChI=1S/C14H22N2O2S2/c1-4-7-15-14(11-5-6-11,12(17)18-3)9-20-13-16-10(2)8-19-13/h8,11,15H,4-7,9H2,1-3H3. The molecule has 1 aliphatic rings. The smallest absolute Gasteiger partial charge is 0.327 e. The van der Waals surface area contributed by atoms with Crippen LogP contribution in [0.15, 0.2) is 9.72 Å². The van der Waals surface area contributed by atoms with E-state index in [4.69, 9.17) is 4.74 Å². The van der Waals surface area contributed by atoms with Gasteiger partial charge in [0.15, 0.2) is 0 Å². The summed E-state index contributed by atoms with van der Waals surface area (Å²) >= 11 is 3.29. The van der Waals surface area contributed by atoms with E-state index in [1.807, 2.05) is 12.3 Å². The van der Waals surface area contributed by atoms with E-state index in [1.54, 1.807) is 23.1 Å². The van der Waals surface area contributed by atoms with Crippen molar-refractivity contribution in [2.75, 3.05) is 19.4 Å². The van der Waals surface area contributed by atoms with Crippen molar-refractivity contribution >= 4 is 29.1 Å². The van der Waals surface area contributed by atoms with Gasteiger partial charge in [0.2, 0.25) is 0 Å². The van der Waals surface area contributed by atoms with Crippen LogP contribution in [0.4, 0.5) is 0 Å². The van der Waals surface area contributed by atoms with Crippen molar-refractivity contribution in [3.05, 3.63) is 11.1 Å². The van der Waals surface area contributed by atoms with E-state index in [9.17, 15) is 4.79 Å². The number of aryl methyl sites for hydroxylation is 1. The Hall–Kier alpha value is -0.590. The van der Waals surface area contributed by atoms with Crippen molar-refractivity contribution in [3.8, 4) is 0 Å². The molecule has 1 heterocycles. The zero-order valence-electron chi connectivity index (χ0n) is 12.3. The van der Waals surface area contributed by atoms with E-state index in [0.29, 0.717) is 11.7 Å². The van der Waals surface area contributed by atoms with Gasteiger partial charge in [0.25, 0.3) is 0 Å². The molecular formula is C14H22N2O2S2. The van der Waals surface area contributed by atoms with Gasteiger partial charge in [-0.15, -0.1) is 11.3 Å². The number of ether oxygens (including phenoxy) is 1. The molecule has 1 atom stereocenters. The molecule has 1 fully saturated rings. The van der Waals surface area contributed by atoms with Crippen LogP contribution in [0.25, 0.3) is 0 Å². The van der Waals surface area contributed by atoms with Gasteiger partial charge < -0.3 is 10.1 Å². The zero-order valence-corrected chi connectivity index (χ0v) is 13.9. The summed E-state index contributed by atoms with van der Waals surface area (Å²) in [7, 11) is 1.48. The first-order chi connectivity index (χ1) is 9.62. The highest BCUT2D eigenvalue weighted by atomic mass is 32.2. The van der Waals surface area contributed by atoms with E-state index in [2.05, 4.69) is 17.2 Å². The molecule has 0 radical (unpaired) electrons. The Kier molecular flexibility index (Phi) is 5.46. The number of hydrogen-bond donors (Lipinski definition) is 1. The molecule has 0 aromatic carbocycles. The minimum atomic E-state index is -0.547. The van der Waals surface area contributed by atoms with E-state index in [1.165, 1.54) is 7.11 Å². The van der Waals surface area contributed by atoms with Crippen LogP contribution in [0.1, 0.15) is 31.9 Å². The van der Waals surface area contributed by atoms with E-state index in [0.717, 1.165) is 35.8 Å². The summed E-state index contributed by atoms with van der Waals surface area (Å²) in [6.07, 6.45) is 3.21. The summed E-state index contributed by atoms with van der Waals surface area (Å²) in [5.41, 5.74) is 0.490. The number of esters is 1. The van der Waals surface area contributed by atoms with Crippen LogP contribution in [0.5, 0.6) is 0 Å². The minimum absolute atomic E-state index is 0.130. The third-order valence-electron chi connectivity index (χ3n) is 3.54. The van der Waals surface area contributed by atoms with Crippen LogP contribution in [0.3, 0.4) is 0 Å². The molecule has 6 heteroatoms. The Bertz CT molecular complexity index is 460. The number of methoxy groups -OCH3 is 1. The molecule has 20 heavy (non-hydrogen) atoms. The molecule has 112 valence electrons. The molecule has 4 nitrogen and oxygen atoms in total. The molecule has 0 bridgehead atoms. The van der Waals surface area contributed by atoms with Crippen LogP contribution in [0.2, 0.25) is 0 Å². The van der Waals surface area contributed by atoms with Crippen LogP contribution in [-0.2, 0) is 9.53 Å². The van der Waals surface area contributed by atoms with Gasteiger partial charge >= 0.3 is 5.97 Å². The summed E-state index contributed by atoms with van der Waals surface area (Å²) in [6, 6.07) is 0. The average molecular weight is 314 g/mol. The van der Waals surface area contributed by atoms with E-state index in [-0.39, 0.29) is 5.97 Å². The third kappa shape index (κ3) is 3.54. The van der Waals surface area contributed by atoms with Crippen molar-refractivity contribution < 1.29 is 9.53 Å². The highest BCUT2D eigenvalue weighted by molar-refractivity contribution is 8.01. The molecular weight excluding hydrogens is 292 g/mol. The van der Waals surface area contributed by atoms with Gasteiger partial charge in [0.05, 0.1) is 7.11 Å². The normalized spacial score (nSPS) is 17.8. The molecule has 1 saturated carbocycles. The first-order valence-electron chi connectivity index (χ1n) is 7.00. The molecule has 1 aromatic rings. The van der Waals surface area contributed by atoms with Crippen molar-refractivity contribution in [3.63, 3.8) is 0 Å². The summed E-state index contributed by atoms with van der Waals surface area (Å²) in [5, 5.41) is 5.49. The Balaban J connectivity index is 2.09. The van der Waals surface area contributed by atoms with Crippen molar-refractivity contribution in [1.29, 1.82) is 0 Å². The Morgan fingerprint density at radius 2 is 2.40 bits per heavy atom. The number of carbonyl (C=O) groups excluding carboxylic acids is 1. The number of thioether (sulfide) groups is 1. The molecule has 0 aliphatic heterocycles. The van der Waals surface area contributed by atoms with Crippen molar-refractivity contribution in [1.82, 2.24) is 10.3 Å². The SMILES string of the molecule is CCCNC(CSc1nc(C)cs1)(C(=O)OC)C1CC1.